The summed E-state index contributed by atoms with van der Waals surface area (Å²) in [5.74, 6) is 1.14. The average molecular weight is 363 g/mol. The Morgan fingerprint density at radius 1 is 1.20 bits per heavy atom. The van der Waals surface area contributed by atoms with Crippen LogP contribution in [0.2, 0.25) is 0 Å². The van der Waals surface area contributed by atoms with Crippen molar-refractivity contribution in [2.45, 2.75) is 62.1 Å². The molecular formula is C20H27ClN2O2. The number of aliphatic hydroxyl groups excluding tert-OH is 2. The molecule has 10 atom stereocenters. The number of halogens is 1. The first kappa shape index (κ1) is 16.4. The third-order valence-electron chi connectivity index (χ3n) is 8.46. The van der Waals surface area contributed by atoms with E-state index in [9.17, 15) is 10.2 Å². The van der Waals surface area contributed by atoms with Gasteiger partial charge in [0.25, 0.3) is 0 Å². The van der Waals surface area contributed by atoms with Crippen molar-refractivity contribution in [2.24, 2.45) is 17.8 Å². The summed E-state index contributed by atoms with van der Waals surface area (Å²) in [4.78, 5) is 4.83. The van der Waals surface area contributed by atoms with E-state index >= 15 is 0 Å². The molecule has 4 saturated heterocycles. The Labute approximate surface area is 155 Å². The van der Waals surface area contributed by atoms with Crippen molar-refractivity contribution >= 4 is 18.1 Å². The molecule has 0 radical (unpaired) electrons. The Hall–Kier alpha value is -0.810. The lowest BCUT2D eigenvalue weighted by Crippen LogP contribution is -2.72. The Kier molecular flexibility index (Phi) is 3.22. The zero-order valence-electron chi connectivity index (χ0n) is 14.7. The van der Waals surface area contributed by atoms with Crippen LogP contribution in [-0.4, -0.2) is 52.6 Å². The molecule has 5 fully saturated rings. The zero-order valence-corrected chi connectivity index (χ0v) is 15.6. The highest BCUT2D eigenvalue weighted by Gasteiger charge is 2.76. The van der Waals surface area contributed by atoms with Gasteiger partial charge in [-0.1, -0.05) is 25.1 Å². The van der Waals surface area contributed by atoms with E-state index < -0.39 is 0 Å². The molecule has 0 amide bonds. The quantitative estimate of drug-likeness (QED) is 0.802. The molecule has 1 saturated carbocycles. The number of benzene rings is 1. The molecule has 7 rings (SSSR count). The molecule has 1 aromatic rings. The molecule has 1 unspecified atom stereocenters. The van der Waals surface area contributed by atoms with E-state index in [-0.39, 0.29) is 30.2 Å². The van der Waals surface area contributed by atoms with Crippen LogP contribution in [0.5, 0.6) is 0 Å². The van der Waals surface area contributed by atoms with Crippen molar-refractivity contribution in [1.82, 2.24) is 4.90 Å². The summed E-state index contributed by atoms with van der Waals surface area (Å²) in [6.07, 6.45) is 2.56. The van der Waals surface area contributed by atoms with E-state index in [0.29, 0.717) is 35.9 Å². The molecule has 4 nitrogen and oxygen atoms in total. The maximum Gasteiger partial charge on any atom is 0.111 e. The van der Waals surface area contributed by atoms with E-state index in [0.717, 1.165) is 19.3 Å². The molecule has 5 heteroatoms. The fourth-order valence-electron chi connectivity index (χ4n) is 7.88. The number of piperidine rings is 4. The van der Waals surface area contributed by atoms with Gasteiger partial charge in [-0.2, -0.15) is 0 Å². The lowest BCUT2D eigenvalue weighted by molar-refractivity contribution is -0.211. The van der Waals surface area contributed by atoms with Gasteiger partial charge in [0.05, 0.1) is 12.1 Å². The van der Waals surface area contributed by atoms with Gasteiger partial charge in [0.1, 0.15) is 6.23 Å². The first-order valence-electron chi connectivity index (χ1n) is 9.57. The number of rotatable bonds is 1. The van der Waals surface area contributed by atoms with Gasteiger partial charge in [-0.05, 0) is 36.8 Å². The minimum absolute atomic E-state index is 0. The fourth-order valence-corrected chi connectivity index (χ4v) is 7.88. The maximum atomic E-state index is 11.6. The number of para-hydroxylation sites is 1. The normalized spacial score (nSPS) is 53.6. The summed E-state index contributed by atoms with van der Waals surface area (Å²) in [6, 6.07) is 9.70. The summed E-state index contributed by atoms with van der Waals surface area (Å²) < 4.78 is 0. The second-order valence-corrected chi connectivity index (χ2v) is 8.81. The van der Waals surface area contributed by atoms with Crippen molar-refractivity contribution in [3.05, 3.63) is 29.8 Å². The average Bonchev–Trinajstić information content (AvgIpc) is 2.97. The number of aliphatic hydroxyl groups is 2. The standard InChI is InChI=1S/C20H26N2O2.ClH/c1-3-10-11-8-14-17-20(12-6-4-5-7-13(12)21(17)2)9-15(16(11)18(20)23)22(14)19(10)24;/h4-7,10-11,14-19,23-24H,3,8-9H2,1-2H3;1H/t10-,11-,14-,15-,16-,17-,18+,19-,20+;/m0./s1. The van der Waals surface area contributed by atoms with Crippen molar-refractivity contribution < 1.29 is 10.2 Å². The van der Waals surface area contributed by atoms with Crippen LogP contribution in [0.25, 0.3) is 0 Å². The second kappa shape index (κ2) is 4.92. The van der Waals surface area contributed by atoms with Gasteiger partial charge in [0.2, 0.25) is 0 Å². The zero-order chi connectivity index (χ0) is 16.4. The van der Waals surface area contributed by atoms with Crippen LogP contribution in [0, 0.1) is 17.8 Å². The van der Waals surface area contributed by atoms with Crippen molar-refractivity contribution in [3.63, 3.8) is 0 Å². The number of nitrogens with zero attached hydrogens (tertiary/aromatic N) is 2. The Balaban J connectivity index is 0.00000140. The number of likely N-dealkylation sites (N-methyl/N-ethyl adjacent to an activating group) is 1. The number of fused-ring (bicyclic) bond motifs is 2. The summed E-state index contributed by atoms with van der Waals surface area (Å²) >= 11 is 0. The first-order chi connectivity index (χ1) is 11.6. The molecular weight excluding hydrogens is 336 g/mol. The fraction of sp³-hybridized carbons (Fsp3) is 0.700. The van der Waals surface area contributed by atoms with Gasteiger partial charge in [0, 0.05) is 42.1 Å². The second-order valence-electron chi connectivity index (χ2n) is 8.81. The van der Waals surface area contributed by atoms with Crippen LogP contribution >= 0.6 is 12.4 Å². The van der Waals surface area contributed by atoms with Gasteiger partial charge in [-0.15, -0.1) is 12.4 Å². The van der Waals surface area contributed by atoms with Gasteiger partial charge in [-0.3, -0.25) is 4.90 Å². The number of hydrogen-bond acceptors (Lipinski definition) is 4. The van der Waals surface area contributed by atoms with E-state index in [1.165, 1.54) is 11.3 Å². The molecule has 5 bridgehead atoms. The maximum absolute atomic E-state index is 11.6. The molecule has 1 spiro atoms. The van der Waals surface area contributed by atoms with Crippen LogP contribution in [0.15, 0.2) is 24.3 Å². The third kappa shape index (κ3) is 1.50. The molecule has 6 aliphatic rings. The van der Waals surface area contributed by atoms with Gasteiger partial charge < -0.3 is 15.1 Å². The van der Waals surface area contributed by atoms with Crippen LogP contribution in [0.3, 0.4) is 0 Å². The Morgan fingerprint density at radius 3 is 2.72 bits per heavy atom. The first-order valence-corrected chi connectivity index (χ1v) is 9.57. The summed E-state index contributed by atoms with van der Waals surface area (Å²) in [5, 5.41) is 22.6. The van der Waals surface area contributed by atoms with E-state index in [4.69, 9.17) is 0 Å². The molecule has 25 heavy (non-hydrogen) atoms. The third-order valence-corrected chi connectivity index (χ3v) is 8.46. The minimum Gasteiger partial charge on any atom is -0.392 e. The molecule has 1 aliphatic carbocycles. The van der Waals surface area contributed by atoms with E-state index in [1.807, 2.05) is 0 Å². The highest BCUT2D eigenvalue weighted by atomic mass is 35.5. The summed E-state index contributed by atoms with van der Waals surface area (Å²) in [5.41, 5.74) is 2.51. The lowest BCUT2D eigenvalue weighted by atomic mass is 9.62. The van der Waals surface area contributed by atoms with Gasteiger partial charge in [0.15, 0.2) is 0 Å². The monoisotopic (exact) mass is 362 g/mol. The summed E-state index contributed by atoms with van der Waals surface area (Å²) in [7, 11) is 2.19. The lowest BCUT2D eigenvalue weighted by Gasteiger charge is -2.62. The van der Waals surface area contributed by atoms with E-state index in [1.54, 1.807) is 0 Å². The largest absolute Gasteiger partial charge is 0.392 e. The topological polar surface area (TPSA) is 46.9 Å². The Bertz CT molecular complexity index is 729. The predicted octanol–water partition coefficient (Wildman–Crippen LogP) is 1.98. The number of anilines is 1. The molecule has 0 aromatic heterocycles. The minimum atomic E-state index is -0.319. The molecule has 5 aliphatic heterocycles. The van der Waals surface area contributed by atoms with Crippen molar-refractivity contribution in [3.8, 4) is 0 Å². The SMILES string of the molecule is CC[C@H]1[C@@H]2C[C@H]3[C@@H]4N(C)c5ccccc5[C@]45C[C@@H]([C@H]2[C@H]5O)N3[C@H]1O.Cl. The number of hydrogen-bond donors (Lipinski definition) is 2. The molecule has 2 N–H and O–H groups in total. The summed E-state index contributed by atoms with van der Waals surface area (Å²) in [6.45, 7) is 2.19. The van der Waals surface area contributed by atoms with E-state index in [2.05, 4.69) is 48.0 Å². The molecule has 5 heterocycles. The Morgan fingerprint density at radius 2 is 1.96 bits per heavy atom. The predicted molar refractivity (Wildman–Crippen MR) is 99.0 cm³/mol. The van der Waals surface area contributed by atoms with Gasteiger partial charge in [-0.25, -0.2) is 0 Å². The van der Waals surface area contributed by atoms with Gasteiger partial charge >= 0.3 is 0 Å². The highest BCUT2D eigenvalue weighted by Crippen LogP contribution is 2.68. The van der Waals surface area contributed by atoms with Crippen molar-refractivity contribution in [2.75, 3.05) is 11.9 Å². The smallest absolute Gasteiger partial charge is 0.111 e. The van der Waals surface area contributed by atoms with Crippen LogP contribution in [0.4, 0.5) is 5.69 Å². The molecule has 1 aromatic carbocycles. The van der Waals surface area contributed by atoms with Crippen LogP contribution < -0.4 is 4.90 Å². The highest BCUT2D eigenvalue weighted by molar-refractivity contribution is 5.85. The molecule has 136 valence electrons. The van der Waals surface area contributed by atoms with Crippen LogP contribution in [0.1, 0.15) is 31.7 Å². The van der Waals surface area contributed by atoms with Crippen LogP contribution in [-0.2, 0) is 5.41 Å². The van der Waals surface area contributed by atoms with Crippen molar-refractivity contribution in [1.29, 1.82) is 0 Å².